The van der Waals surface area contributed by atoms with Crippen LogP contribution in [0.3, 0.4) is 0 Å². The van der Waals surface area contributed by atoms with Gasteiger partial charge in [0.05, 0.1) is 35.6 Å². The molecule has 4 aromatic rings. The van der Waals surface area contributed by atoms with Crippen molar-refractivity contribution in [2.45, 2.75) is 12.6 Å². The standard InChI is InChI=1S/C25H18F3NO6/c1-34-15-9-7-14(8-10-15)29-18-12-11-17(25(26,27)28)23(35-16-5-3-2-4-6-16)21(18)22(24(32)33)19(29)13-20(30)31/h2-12H,13H2,1H3,(H,30,31)(H,32,33). The van der Waals surface area contributed by atoms with Crippen LogP contribution < -0.4 is 9.47 Å². The van der Waals surface area contributed by atoms with Crippen LogP contribution in [0.4, 0.5) is 13.2 Å². The van der Waals surface area contributed by atoms with Crippen LogP contribution in [0.2, 0.25) is 0 Å². The zero-order chi connectivity index (χ0) is 25.3. The van der Waals surface area contributed by atoms with Gasteiger partial charge < -0.3 is 24.3 Å². The van der Waals surface area contributed by atoms with Crippen molar-refractivity contribution in [1.29, 1.82) is 0 Å². The smallest absolute Gasteiger partial charge is 0.420 e. The fourth-order valence-electron chi connectivity index (χ4n) is 3.90. The van der Waals surface area contributed by atoms with E-state index in [4.69, 9.17) is 9.47 Å². The Morgan fingerprint density at radius 1 is 0.914 bits per heavy atom. The van der Waals surface area contributed by atoms with Crippen molar-refractivity contribution in [3.63, 3.8) is 0 Å². The number of methoxy groups -OCH3 is 1. The Balaban J connectivity index is 2.14. The third kappa shape index (κ3) is 4.50. The third-order valence-electron chi connectivity index (χ3n) is 5.32. The summed E-state index contributed by atoms with van der Waals surface area (Å²) in [6, 6.07) is 15.7. The molecule has 0 fully saturated rings. The lowest BCUT2D eigenvalue weighted by Crippen LogP contribution is -2.11. The molecule has 3 aromatic carbocycles. The Morgan fingerprint density at radius 2 is 1.57 bits per heavy atom. The number of carbonyl (C=O) groups is 2. The molecule has 180 valence electrons. The normalized spacial score (nSPS) is 11.4. The quantitative estimate of drug-likeness (QED) is 0.345. The molecule has 0 spiro atoms. The van der Waals surface area contributed by atoms with Gasteiger partial charge in [-0.05, 0) is 48.5 Å². The summed E-state index contributed by atoms with van der Waals surface area (Å²) in [7, 11) is 1.45. The van der Waals surface area contributed by atoms with Gasteiger partial charge in [-0.3, -0.25) is 4.79 Å². The van der Waals surface area contributed by atoms with Crippen LogP contribution in [-0.4, -0.2) is 33.8 Å². The van der Waals surface area contributed by atoms with Gasteiger partial charge in [0, 0.05) is 11.4 Å². The summed E-state index contributed by atoms with van der Waals surface area (Å²) in [6.07, 6.45) is -5.63. The van der Waals surface area contributed by atoms with E-state index in [1.165, 1.54) is 23.8 Å². The maximum atomic E-state index is 14.0. The molecule has 0 saturated carbocycles. The van der Waals surface area contributed by atoms with Gasteiger partial charge in [-0.2, -0.15) is 13.2 Å². The van der Waals surface area contributed by atoms with Crippen LogP contribution in [0.15, 0.2) is 66.7 Å². The molecule has 0 radical (unpaired) electrons. The van der Waals surface area contributed by atoms with E-state index in [1.807, 2.05) is 0 Å². The molecule has 0 aliphatic heterocycles. The first-order valence-electron chi connectivity index (χ1n) is 10.2. The molecule has 35 heavy (non-hydrogen) atoms. The summed E-state index contributed by atoms with van der Waals surface area (Å²) in [5.74, 6) is -3.13. The van der Waals surface area contributed by atoms with E-state index >= 15 is 0 Å². The Bertz CT molecular complexity index is 1410. The number of para-hydroxylation sites is 1. The fraction of sp³-hybridized carbons (Fsp3) is 0.120. The number of carboxylic acids is 2. The Labute approximate surface area is 196 Å². The largest absolute Gasteiger partial charge is 0.497 e. The SMILES string of the molecule is COc1ccc(-n2c(CC(=O)O)c(C(=O)O)c3c(Oc4ccccc4)c(C(F)(F)F)ccc32)cc1. The number of fused-ring (bicyclic) bond motifs is 1. The lowest BCUT2D eigenvalue weighted by molar-refractivity contribution is -0.138. The van der Waals surface area contributed by atoms with E-state index in [9.17, 15) is 33.0 Å². The molecule has 0 aliphatic rings. The molecule has 0 aliphatic carbocycles. The van der Waals surface area contributed by atoms with Crippen LogP contribution in [0.5, 0.6) is 17.2 Å². The molecule has 0 atom stereocenters. The minimum Gasteiger partial charge on any atom is -0.497 e. The number of hydrogen-bond donors (Lipinski definition) is 2. The van der Waals surface area contributed by atoms with Crippen LogP contribution in [0.1, 0.15) is 21.6 Å². The van der Waals surface area contributed by atoms with E-state index in [1.54, 1.807) is 42.5 Å². The third-order valence-corrected chi connectivity index (χ3v) is 5.32. The molecule has 0 bridgehead atoms. The molecule has 4 rings (SSSR count). The molecular weight excluding hydrogens is 467 g/mol. The highest BCUT2D eigenvalue weighted by Crippen LogP contribution is 2.46. The summed E-state index contributed by atoms with van der Waals surface area (Å²) >= 11 is 0. The molecular formula is C25H18F3NO6. The van der Waals surface area contributed by atoms with E-state index in [0.717, 1.165) is 12.1 Å². The lowest BCUT2D eigenvalue weighted by Gasteiger charge is -2.16. The van der Waals surface area contributed by atoms with Crippen molar-refractivity contribution in [3.8, 4) is 22.9 Å². The van der Waals surface area contributed by atoms with Gasteiger partial charge in [-0.1, -0.05) is 18.2 Å². The minimum atomic E-state index is -4.87. The van der Waals surface area contributed by atoms with Crippen LogP contribution >= 0.6 is 0 Å². The van der Waals surface area contributed by atoms with Crippen molar-refractivity contribution >= 4 is 22.8 Å². The summed E-state index contributed by atoms with van der Waals surface area (Å²) in [4.78, 5) is 24.0. The highest BCUT2D eigenvalue weighted by atomic mass is 19.4. The number of ether oxygens (including phenoxy) is 2. The molecule has 1 heterocycles. The average molecular weight is 485 g/mol. The zero-order valence-electron chi connectivity index (χ0n) is 18.2. The highest BCUT2D eigenvalue weighted by Gasteiger charge is 2.38. The van der Waals surface area contributed by atoms with Gasteiger partial charge in [-0.25, -0.2) is 4.79 Å². The number of aromatic carboxylic acids is 1. The number of rotatable bonds is 7. The Morgan fingerprint density at radius 3 is 2.11 bits per heavy atom. The summed E-state index contributed by atoms with van der Waals surface area (Å²) in [5, 5.41) is 19.2. The number of hydrogen-bond acceptors (Lipinski definition) is 4. The molecule has 7 nitrogen and oxygen atoms in total. The molecule has 10 heteroatoms. The van der Waals surface area contributed by atoms with E-state index in [0.29, 0.717) is 11.4 Å². The second-order valence-electron chi connectivity index (χ2n) is 7.48. The second-order valence-corrected chi connectivity index (χ2v) is 7.48. The van der Waals surface area contributed by atoms with E-state index in [2.05, 4.69) is 0 Å². The molecule has 0 unspecified atom stereocenters. The maximum absolute atomic E-state index is 14.0. The summed E-state index contributed by atoms with van der Waals surface area (Å²) in [5.41, 5.74) is -1.60. The monoisotopic (exact) mass is 485 g/mol. The second kappa shape index (κ2) is 9.05. The minimum absolute atomic E-state index is 0.0442. The van der Waals surface area contributed by atoms with Crippen molar-refractivity contribution in [2.24, 2.45) is 0 Å². The molecule has 0 amide bonds. The van der Waals surface area contributed by atoms with Crippen molar-refractivity contribution in [2.75, 3.05) is 7.11 Å². The number of alkyl halides is 3. The van der Waals surface area contributed by atoms with Crippen molar-refractivity contribution in [1.82, 2.24) is 4.57 Å². The average Bonchev–Trinajstić information content (AvgIpc) is 3.13. The van der Waals surface area contributed by atoms with Gasteiger partial charge in [-0.15, -0.1) is 0 Å². The van der Waals surface area contributed by atoms with Gasteiger partial charge >= 0.3 is 18.1 Å². The Kier molecular flexibility index (Phi) is 6.12. The predicted molar refractivity (Wildman–Crippen MR) is 120 cm³/mol. The number of carboxylic acid groups (broad SMARTS) is 2. The summed E-state index contributed by atoms with van der Waals surface area (Å²) in [6.45, 7) is 0. The van der Waals surface area contributed by atoms with Crippen LogP contribution in [-0.2, 0) is 17.4 Å². The number of nitrogens with zero attached hydrogens (tertiary/aromatic N) is 1. The first-order chi connectivity index (χ1) is 16.6. The summed E-state index contributed by atoms with van der Waals surface area (Å²) < 4.78 is 54.0. The molecule has 0 saturated heterocycles. The van der Waals surface area contributed by atoms with Gasteiger partial charge in [0.1, 0.15) is 17.2 Å². The topological polar surface area (TPSA) is 98.0 Å². The molecule has 1 aromatic heterocycles. The van der Waals surface area contributed by atoms with Crippen LogP contribution in [0, 0.1) is 0 Å². The number of aliphatic carboxylic acids is 1. The maximum Gasteiger partial charge on any atom is 0.420 e. The highest BCUT2D eigenvalue weighted by molar-refractivity contribution is 6.09. The van der Waals surface area contributed by atoms with Crippen LogP contribution in [0.25, 0.3) is 16.6 Å². The number of aromatic nitrogens is 1. The molecule has 2 N–H and O–H groups in total. The van der Waals surface area contributed by atoms with E-state index in [-0.39, 0.29) is 22.3 Å². The van der Waals surface area contributed by atoms with Crippen molar-refractivity contribution < 1.29 is 42.4 Å². The van der Waals surface area contributed by atoms with Gasteiger partial charge in [0.15, 0.2) is 0 Å². The lowest BCUT2D eigenvalue weighted by atomic mass is 10.0. The van der Waals surface area contributed by atoms with Gasteiger partial charge in [0.25, 0.3) is 0 Å². The first-order valence-corrected chi connectivity index (χ1v) is 10.2. The number of benzene rings is 3. The fourth-order valence-corrected chi connectivity index (χ4v) is 3.90. The predicted octanol–water partition coefficient (Wildman–Crippen LogP) is 5.78. The first kappa shape index (κ1) is 23.7. The number of halogens is 3. The van der Waals surface area contributed by atoms with Crippen molar-refractivity contribution in [3.05, 3.63) is 83.6 Å². The van der Waals surface area contributed by atoms with E-state index < -0.39 is 41.4 Å². The Hall–Kier alpha value is -4.47. The van der Waals surface area contributed by atoms with Gasteiger partial charge in [0.2, 0.25) is 0 Å². The zero-order valence-corrected chi connectivity index (χ0v) is 18.2.